The number of anilines is 1. The summed E-state index contributed by atoms with van der Waals surface area (Å²) in [6, 6.07) is 16.8. The lowest BCUT2D eigenvalue weighted by molar-refractivity contribution is -0.122. The largest absolute Gasteiger partial charge is 0.366 e. The molecule has 1 fully saturated rings. The molecule has 3 N–H and O–H groups in total. The molecule has 0 spiro atoms. The quantitative estimate of drug-likeness (QED) is 0.715. The van der Waals surface area contributed by atoms with Crippen LogP contribution in [0.5, 0.6) is 0 Å². The highest BCUT2D eigenvalue weighted by Crippen LogP contribution is 2.30. The Balaban J connectivity index is 1.58. The highest BCUT2D eigenvalue weighted by molar-refractivity contribution is 5.99. The average Bonchev–Trinajstić information content (AvgIpc) is 3.02. The number of rotatable bonds is 5. The van der Waals surface area contributed by atoms with E-state index in [9.17, 15) is 9.59 Å². The zero-order chi connectivity index (χ0) is 19.7. The number of carbonyl (C=O) groups is 2. The van der Waals surface area contributed by atoms with E-state index < -0.39 is 5.91 Å². The Bertz CT molecular complexity index is 1030. The Morgan fingerprint density at radius 3 is 2.46 bits per heavy atom. The van der Waals surface area contributed by atoms with E-state index in [1.807, 2.05) is 49.5 Å². The number of primary amides is 1. The molecule has 142 valence electrons. The molecule has 0 unspecified atom stereocenters. The molecule has 2 amide bonds. The Morgan fingerprint density at radius 2 is 1.82 bits per heavy atom. The molecule has 0 saturated heterocycles. The van der Waals surface area contributed by atoms with Gasteiger partial charge < -0.3 is 11.1 Å². The third kappa shape index (κ3) is 3.41. The number of aryl methyl sites for hydroxylation is 1. The van der Waals surface area contributed by atoms with Crippen LogP contribution in [0.1, 0.15) is 29.6 Å². The van der Waals surface area contributed by atoms with E-state index in [1.165, 1.54) is 0 Å². The first-order valence-corrected chi connectivity index (χ1v) is 9.37. The summed E-state index contributed by atoms with van der Waals surface area (Å²) in [6.07, 6.45) is 3.10. The summed E-state index contributed by atoms with van der Waals surface area (Å²) in [5.74, 6) is -0.213. The first-order chi connectivity index (χ1) is 13.5. The number of benzene rings is 2. The van der Waals surface area contributed by atoms with Gasteiger partial charge in [-0.25, -0.2) is 0 Å². The minimum Gasteiger partial charge on any atom is -0.366 e. The van der Waals surface area contributed by atoms with Gasteiger partial charge in [0.2, 0.25) is 11.8 Å². The number of hydrogen-bond donors (Lipinski definition) is 2. The van der Waals surface area contributed by atoms with Crippen LogP contribution in [-0.4, -0.2) is 21.6 Å². The summed E-state index contributed by atoms with van der Waals surface area (Å²) >= 11 is 0. The molecule has 1 heterocycles. The van der Waals surface area contributed by atoms with Crippen molar-refractivity contribution in [2.45, 2.75) is 19.3 Å². The van der Waals surface area contributed by atoms with E-state index in [1.54, 1.807) is 16.8 Å². The SMILES string of the molecule is Cn1nc(-c2ccc(NC(=O)C3CCC3)cc2)cc1-c1ccccc1C(N)=O. The topological polar surface area (TPSA) is 90.0 Å². The molecule has 28 heavy (non-hydrogen) atoms. The molecule has 4 rings (SSSR count). The minimum absolute atomic E-state index is 0.0992. The lowest BCUT2D eigenvalue weighted by Gasteiger charge is -2.24. The van der Waals surface area contributed by atoms with Crippen LogP contribution in [0.25, 0.3) is 22.5 Å². The summed E-state index contributed by atoms with van der Waals surface area (Å²) in [6.45, 7) is 0. The van der Waals surface area contributed by atoms with E-state index in [0.717, 1.165) is 47.5 Å². The highest BCUT2D eigenvalue weighted by atomic mass is 16.2. The van der Waals surface area contributed by atoms with Gasteiger partial charge in [-0.3, -0.25) is 14.3 Å². The molecule has 3 aromatic rings. The first kappa shape index (κ1) is 18.0. The molecule has 6 nitrogen and oxygen atoms in total. The Hall–Kier alpha value is -3.41. The van der Waals surface area contributed by atoms with E-state index in [0.29, 0.717) is 5.56 Å². The highest BCUT2D eigenvalue weighted by Gasteiger charge is 2.25. The molecule has 0 radical (unpaired) electrons. The summed E-state index contributed by atoms with van der Waals surface area (Å²) < 4.78 is 1.74. The number of amides is 2. The zero-order valence-electron chi connectivity index (χ0n) is 15.7. The van der Waals surface area contributed by atoms with Gasteiger partial charge in [0.05, 0.1) is 11.4 Å². The third-order valence-corrected chi connectivity index (χ3v) is 5.27. The van der Waals surface area contributed by atoms with Gasteiger partial charge in [-0.2, -0.15) is 5.10 Å². The van der Waals surface area contributed by atoms with Crippen molar-refractivity contribution in [2.24, 2.45) is 18.7 Å². The molecule has 2 aromatic carbocycles. The Morgan fingerprint density at radius 1 is 1.11 bits per heavy atom. The number of nitrogens with one attached hydrogen (secondary N) is 1. The Kier molecular flexibility index (Phi) is 4.69. The van der Waals surface area contributed by atoms with Gasteiger partial charge in [0.1, 0.15) is 0 Å². The standard InChI is InChI=1S/C22H22N4O2/c1-26-20(17-7-2-3-8-18(17)21(23)27)13-19(25-26)14-9-11-16(12-10-14)24-22(28)15-5-4-6-15/h2-3,7-13,15H,4-6H2,1H3,(H2,23,27)(H,24,28). The molecule has 0 aliphatic heterocycles. The monoisotopic (exact) mass is 374 g/mol. The van der Waals surface area contributed by atoms with E-state index in [-0.39, 0.29) is 11.8 Å². The maximum atomic E-state index is 12.1. The van der Waals surface area contributed by atoms with E-state index in [4.69, 9.17) is 5.73 Å². The number of hydrogen-bond acceptors (Lipinski definition) is 3. The molecular weight excluding hydrogens is 352 g/mol. The van der Waals surface area contributed by atoms with Crippen LogP contribution in [0.2, 0.25) is 0 Å². The molecule has 1 aliphatic rings. The van der Waals surface area contributed by atoms with Crippen molar-refractivity contribution in [1.29, 1.82) is 0 Å². The second-order valence-electron chi connectivity index (χ2n) is 7.14. The number of nitrogens with zero attached hydrogens (tertiary/aromatic N) is 2. The summed E-state index contributed by atoms with van der Waals surface area (Å²) in [7, 11) is 1.84. The smallest absolute Gasteiger partial charge is 0.249 e. The van der Waals surface area contributed by atoms with Crippen LogP contribution in [0, 0.1) is 5.92 Å². The molecule has 6 heteroatoms. The van der Waals surface area contributed by atoms with Gasteiger partial charge in [-0.1, -0.05) is 36.8 Å². The van der Waals surface area contributed by atoms with Gasteiger partial charge in [-0.15, -0.1) is 0 Å². The molecule has 1 aromatic heterocycles. The fraction of sp³-hybridized carbons (Fsp3) is 0.227. The molecule has 0 atom stereocenters. The van der Waals surface area contributed by atoms with Gasteiger partial charge in [-0.05, 0) is 37.1 Å². The normalized spacial score (nSPS) is 13.8. The van der Waals surface area contributed by atoms with Crippen LogP contribution < -0.4 is 11.1 Å². The average molecular weight is 374 g/mol. The fourth-order valence-corrected chi connectivity index (χ4v) is 3.42. The van der Waals surface area contributed by atoms with Crippen molar-refractivity contribution in [2.75, 3.05) is 5.32 Å². The predicted octanol–water partition coefficient (Wildman–Crippen LogP) is 3.59. The fourth-order valence-electron chi connectivity index (χ4n) is 3.42. The Labute approximate surface area is 163 Å². The summed E-state index contributed by atoms with van der Waals surface area (Å²) in [5.41, 5.74) is 10.0. The van der Waals surface area contributed by atoms with Gasteiger partial charge in [0, 0.05) is 35.3 Å². The predicted molar refractivity (Wildman–Crippen MR) is 109 cm³/mol. The maximum absolute atomic E-state index is 12.1. The van der Waals surface area contributed by atoms with E-state index >= 15 is 0 Å². The summed E-state index contributed by atoms with van der Waals surface area (Å²) in [4.78, 5) is 23.8. The van der Waals surface area contributed by atoms with Crippen molar-refractivity contribution >= 4 is 17.5 Å². The molecule has 1 saturated carbocycles. The maximum Gasteiger partial charge on any atom is 0.249 e. The van der Waals surface area contributed by atoms with Crippen LogP contribution in [0.4, 0.5) is 5.69 Å². The molecule has 1 aliphatic carbocycles. The van der Waals surface area contributed by atoms with Crippen molar-refractivity contribution < 1.29 is 9.59 Å². The minimum atomic E-state index is -0.468. The van der Waals surface area contributed by atoms with Crippen LogP contribution >= 0.6 is 0 Å². The summed E-state index contributed by atoms with van der Waals surface area (Å²) in [5, 5.41) is 7.55. The van der Waals surface area contributed by atoms with Crippen molar-refractivity contribution in [3.63, 3.8) is 0 Å². The first-order valence-electron chi connectivity index (χ1n) is 9.37. The van der Waals surface area contributed by atoms with Crippen molar-refractivity contribution in [1.82, 2.24) is 9.78 Å². The van der Waals surface area contributed by atoms with Crippen molar-refractivity contribution in [3.05, 3.63) is 60.2 Å². The lowest BCUT2D eigenvalue weighted by Crippen LogP contribution is -2.27. The second-order valence-corrected chi connectivity index (χ2v) is 7.14. The number of nitrogens with two attached hydrogens (primary N) is 1. The van der Waals surface area contributed by atoms with Crippen LogP contribution in [-0.2, 0) is 11.8 Å². The van der Waals surface area contributed by atoms with Gasteiger partial charge >= 0.3 is 0 Å². The third-order valence-electron chi connectivity index (χ3n) is 5.27. The van der Waals surface area contributed by atoms with Crippen LogP contribution in [0.3, 0.4) is 0 Å². The second kappa shape index (κ2) is 7.31. The van der Waals surface area contributed by atoms with Crippen LogP contribution in [0.15, 0.2) is 54.6 Å². The van der Waals surface area contributed by atoms with Gasteiger partial charge in [0.15, 0.2) is 0 Å². The molecule has 0 bridgehead atoms. The lowest BCUT2D eigenvalue weighted by atomic mass is 9.85. The number of aromatic nitrogens is 2. The van der Waals surface area contributed by atoms with Crippen molar-refractivity contribution in [3.8, 4) is 22.5 Å². The van der Waals surface area contributed by atoms with E-state index in [2.05, 4.69) is 10.4 Å². The molecular formula is C22H22N4O2. The zero-order valence-corrected chi connectivity index (χ0v) is 15.7. The van der Waals surface area contributed by atoms with Gasteiger partial charge in [0.25, 0.3) is 0 Å². The number of carbonyl (C=O) groups excluding carboxylic acids is 2.